The summed E-state index contributed by atoms with van der Waals surface area (Å²) in [5, 5.41) is 7.15. The van der Waals surface area contributed by atoms with Gasteiger partial charge in [0.25, 0.3) is 0 Å². The zero-order chi connectivity index (χ0) is 20.2. The molecule has 4 rings (SSSR count). The molecule has 4 aromatic rings. The van der Waals surface area contributed by atoms with E-state index in [0.717, 1.165) is 22.2 Å². The zero-order valence-electron chi connectivity index (χ0n) is 15.8. The lowest BCUT2D eigenvalue weighted by Crippen LogP contribution is -2.15. The highest BCUT2D eigenvalue weighted by molar-refractivity contribution is 6.30. The van der Waals surface area contributed by atoms with E-state index in [1.807, 2.05) is 43.3 Å². The van der Waals surface area contributed by atoms with E-state index in [0.29, 0.717) is 29.6 Å². The maximum absolute atomic E-state index is 12.4. The Bertz CT molecular complexity index is 1170. The van der Waals surface area contributed by atoms with Crippen LogP contribution < -0.4 is 9.47 Å². The fourth-order valence-corrected chi connectivity index (χ4v) is 3.23. The van der Waals surface area contributed by atoms with Gasteiger partial charge in [-0.3, -0.25) is 0 Å². The first-order chi connectivity index (χ1) is 14.1. The first-order valence-electron chi connectivity index (χ1n) is 9.22. The lowest BCUT2D eigenvalue weighted by Gasteiger charge is -2.10. The molecule has 0 radical (unpaired) electrons. The van der Waals surface area contributed by atoms with Crippen molar-refractivity contribution in [2.45, 2.75) is 13.5 Å². The molecule has 0 atom stereocenters. The van der Waals surface area contributed by atoms with E-state index in [9.17, 15) is 4.79 Å². The molecule has 0 aliphatic heterocycles. The Kier molecular flexibility index (Phi) is 5.49. The summed E-state index contributed by atoms with van der Waals surface area (Å²) in [6.45, 7) is 2.68. The number of nitrogens with zero attached hydrogens (tertiary/aromatic N) is 2. The fourth-order valence-electron chi connectivity index (χ4n) is 3.04. The Hall–Kier alpha value is -3.31. The van der Waals surface area contributed by atoms with Crippen molar-refractivity contribution in [3.63, 3.8) is 0 Å². The molecule has 3 aromatic carbocycles. The van der Waals surface area contributed by atoms with Crippen LogP contribution in [0.2, 0.25) is 5.02 Å². The third kappa shape index (κ3) is 4.58. The van der Waals surface area contributed by atoms with Gasteiger partial charge in [0.2, 0.25) is 5.88 Å². The van der Waals surface area contributed by atoms with E-state index in [2.05, 4.69) is 11.2 Å². The third-order valence-corrected chi connectivity index (χ3v) is 4.65. The summed E-state index contributed by atoms with van der Waals surface area (Å²) in [5.41, 5.74) is 1.14. The Labute approximate surface area is 173 Å². The molecule has 0 N–H and O–H groups in total. The van der Waals surface area contributed by atoms with Crippen molar-refractivity contribution in [2.75, 3.05) is 6.61 Å². The number of benzene rings is 3. The van der Waals surface area contributed by atoms with Crippen molar-refractivity contribution in [3.8, 4) is 11.6 Å². The molecule has 1 heterocycles. The van der Waals surface area contributed by atoms with Gasteiger partial charge in [-0.1, -0.05) is 48.0 Å². The second kappa shape index (κ2) is 8.37. The van der Waals surface area contributed by atoms with Crippen LogP contribution in [0.25, 0.3) is 10.8 Å². The van der Waals surface area contributed by atoms with Gasteiger partial charge in [-0.15, -0.1) is 0 Å². The summed E-state index contributed by atoms with van der Waals surface area (Å²) in [6, 6.07) is 22.5. The molecule has 0 fully saturated rings. The number of hydrogen-bond acceptors (Lipinski definition) is 4. The number of ether oxygens (including phenoxy) is 2. The number of carbonyl (C=O) groups excluding carboxylic acids is 1. The number of aromatic nitrogens is 2. The van der Waals surface area contributed by atoms with E-state index in [-0.39, 0.29) is 0 Å². The number of carbonyl (C=O) groups is 1. The van der Waals surface area contributed by atoms with Crippen LogP contribution in [0.4, 0.5) is 0 Å². The van der Waals surface area contributed by atoms with Gasteiger partial charge in [0, 0.05) is 11.1 Å². The predicted octanol–water partition coefficient (Wildman–Crippen LogP) is 5.30. The highest BCUT2D eigenvalue weighted by atomic mass is 35.5. The molecular weight excluding hydrogens is 388 g/mol. The molecule has 0 saturated heterocycles. The van der Waals surface area contributed by atoms with E-state index in [4.69, 9.17) is 21.1 Å². The van der Waals surface area contributed by atoms with Gasteiger partial charge in [-0.05, 0) is 48.0 Å². The molecule has 1 aromatic heterocycles. The van der Waals surface area contributed by atoms with Crippen molar-refractivity contribution in [1.82, 2.24) is 9.78 Å². The first kappa shape index (κ1) is 19.0. The van der Waals surface area contributed by atoms with E-state index < -0.39 is 5.97 Å². The van der Waals surface area contributed by atoms with Crippen molar-refractivity contribution in [1.29, 1.82) is 0 Å². The number of fused-ring (bicyclic) bond motifs is 1. The summed E-state index contributed by atoms with van der Waals surface area (Å²) in [5.74, 6) is 0.670. The topological polar surface area (TPSA) is 53.4 Å². The highest BCUT2D eigenvalue weighted by Crippen LogP contribution is 2.21. The minimum absolute atomic E-state index is 0.370. The van der Waals surface area contributed by atoms with E-state index in [1.54, 1.807) is 35.0 Å². The van der Waals surface area contributed by atoms with Crippen LogP contribution in [0.15, 0.2) is 72.8 Å². The van der Waals surface area contributed by atoms with Crippen LogP contribution >= 0.6 is 11.6 Å². The molecule has 0 bridgehead atoms. The molecule has 0 aliphatic rings. The summed E-state index contributed by atoms with van der Waals surface area (Å²) in [4.78, 5) is 12.4. The second-order valence-corrected chi connectivity index (χ2v) is 7.04. The minimum Gasteiger partial charge on any atom is -0.492 e. The van der Waals surface area contributed by atoms with Crippen LogP contribution in [0, 0.1) is 6.92 Å². The smallest absolute Gasteiger partial charge is 0.344 e. The first-order valence-corrected chi connectivity index (χ1v) is 9.60. The number of aryl methyl sites for hydroxylation is 1. The van der Waals surface area contributed by atoms with Gasteiger partial charge < -0.3 is 9.47 Å². The van der Waals surface area contributed by atoms with Crippen LogP contribution in [0.1, 0.15) is 16.1 Å². The molecule has 0 aliphatic carbocycles. The summed E-state index contributed by atoms with van der Waals surface area (Å²) in [6.07, 6.45) is 0. The second-order valence-electron chi connectivity index (χ2n) is 6.60. The fraction of sp³-hybridized carbons (Fsp3) is 0.130. The molecular formula is C23H19ClN2O3. The van der Waals surface area contributed by atoms with Gasteiger partial charge in [0.15, 0.2) is 0 Å². The Balaban J connectivity index is 1.42. The van der Waals surface area contributed by atoms with Crippen LogP contribution in [0.5, 0.6) is 11.6 Å². The molecule has 29 heavy (non-hydrogen) atoms. The zero-order valence-corrected chi connectivity index (χ0v) is 16.6. The Morgan fingerprint density at radius 2 is 1.83 bits per heavy atom. The van der Waals surface area contributed by atoms with Crippen molar-refractivity contribution < 1.29 is 14.3 Å². The average Bonchev–Trinajstić information content (AvgIpc) is 3.06. The van der Waals surface area contributed by atoms with Crippen molar-refractivity contribution in [2.24, 2.45) is 0 Å². The Morgan fingerprint density at radius 1 is 1.00 bits per heavy atom. The summed E-state index contributed by atoms with van der Waals surface area (Å²) >= 11 is 5.95. The standard InChI is InChI=1S/C23H19ClN2O3/c1-16-13-22(29-23(27)19-7-4-8-20(24)14-19)26(25-16)11-12-28-21-10-9-17-5-2-3-6-18(17)15-21/h2-10,13-15H,11-12H2,1H3. The van der Waals surface area contributed by atoms with Crippen molar-refractivity contribution >= 4 is 28.3 Å². The number of esters is 1. The lowest BCUT2D eigenvalue weighted by atomic mass is 10.1. The molecule has 0 spiro atoms. The summed E-state index contributed by atoms with van der Waals surface area (Å²) < 4.78 is 13.0. The van der Waals surface area contributed by atoms with Gasteiger partial charge in [-0.2, -0.15) is 5.10 Å². The van der Waals surface area contributed by atoms with Gasteiger partial charge in [0.1, 0.15) is 12.4 Å². The highest BCUT2D eigenvalue weighted by Gasteiger charge is 2.14. The van der Waals surface area contributed by atoms with Gasteiger partial charge in [0.05, 0.1) is 17.8 Å². The largest absolute Gasteiger partial charge is 0.492 e. The molecule has 6 heteroatoms. The van der Waals surface area contributed by atoms with Crippen LogP contribution in [-0.2, 0) is 6.54 Å². The average molecular weight is 407 g/mol. The lowest BCUT2D eigenvalue weighted by molar-refractivity contribution is 0.0716. The minimum atomic E-state index is -0.482. The monoisotopic (exact) mass is 406 g/mol. The molecule has 0 unspecified atom stereocenters. The molecule has 5 nitrogen and oxygen atoms in total. The van der Waals surface area contributed by atoms with Gasteiger partial charge in [-0.25, -0.2) is 9.48 Å². The third-order valence-electron chi connectivity index (χ3n) is 4.42. The molecule has 146 valence electrons. The summed E-state index contributed by atoms with van der Waals surface area (Å²) in [7, 11) is 0. The van der Waals surface area contributed by atoms with Gasteiger partial charge >= 0.3 is 5.97 Å². The number of hydrogen-bond donors (Lipinski definition) is 0. The van der Waals surface area contributed by atoms with Crippen molar-refractivity contribution in [3.05, 3.63) is 89.1 Å². The predicted molar refractivity (Wildman–Crippen MR) is 113 cm³/mol. The Morgan fingerprint density at radius 3 is 2.66 bits per heavy atom. The van der Waals surface area contributed by atoms with E-state index >= 15 is 0 Å². The maximum Gasteiger partial charge on any atom is 0.344 e. The number of rotatable bonds is 6. The number of halogens is 1. The quantitative estimate of drug-likeness (QED) is 0.408. The van der Waals surface area contributed by atoms with Crippen LogP contribution in [0.3, 0.4) is 0 Å². The SMILES string of the molecule is Cc1cc(OC(=O)c2cccc(Cl)c2)n(CCOc2ccc3ccccc3c2)n1. The molecule has 0 saturated carbocycles. The van der Waals surface area contributed by atoms with E-state index in [1.165, 1.54) is 0 Å². The normalized spacial score (nSPS) is 10.8. The maximum atomic E-state index is 12.4. The molecule has 0 amide bonds. The van der Waals surface area contributed by atoms with Crippen LogP contribution in [-0.4, -0.2) is 22.4 Å².